The Morgan fingerprint density at radius 2 is 2.31 bits per heavy atom. The summed E-state index contributed by atoms with van der Waals surface area (Å²) in [5.41, 5.74) is 5.31. The van der Waals surface area contributed by atoms with E-state index in [9.17, 15) is 9.59 Å². The van der Waals surface area contributed by atoms with Crippen LogP contribution in [-0.2, 0) is 9.59 Å². The molecular weight excluding hydrogens is 190 g/mol. The van der Waals surface area contributed by atoms with Gasteiger partial charge in [0.1, 0.15) is 11.8 Å². The van der Waals surface area contributed by atoms with E-state index in [1.807, 2.05) is 0 Å². The summed E-state index contributed by atoms with van der Waals surface area (Å²) in [6, 6.07) is -0.878. The Labute approximate surface area is 83.9 Å². The smallest absolute Gasteiger partial charge is 0.320 e. The van der Waals surface area contributed by atoms with Crippen molar-refractivity contribution < 1.29 is 14.7 Å². The summed E-state index contributed by atoms with van der Waals surface area (Å²) in [5.74, 6) is -0.947. The fourth-order valence-electron chi connectivity index (χ4n) is 1.54. The summed E-state index contributed by atoms with van der Waals surface area (Å²) in [6.45, 7) is 0. The Hall–Kier alpha value is -0.550. The number of aliphatic carboxylic acids is 1. The van der Waals surface area contributed by atoms with E-state index >= 15 is 0 Å². The van der Waals surface area contributed by atoms with Gasteiger partial charge in [-0.25, -0.2) is 0 Å². The monoisotopic (exact) mass is 205 g/mol. The molecule has 5 heteroatoms. The number of nitrogens with two attached hydrogens (primary N) is 1. The predicted molar refractivity (Wildman–Crippen MR) is 53.0 cm³/mol. The van der Waals surface area contributed by atoms with Crippen molar-refractivity contribution >= 4 is 25.2 Å². The van der Waals surface area contributed by atoms with Crippen molar-refractivity contribution in [3.63, 3.8) is 0 Å². The number of hydrogen-bond acceptors (Lipinski definition) is 3. The Bertz CT molecular complexity index is 208. The van der Waals surface area contributed by atoms with Crippen LogP contribution in [0, 0.1) is 5.92 Å². The Balaban J connectivity index is 0.00000144. The topological polar surface area (TPSA) is 80.4 Å². The molecule has 1 aliphatic rings. The van der Waals surface area contributed by atoms with Crippen LogP contribution in [0.25, 0.3) is 0 Å². The minimum Gasteiger partial charge on any atom is -0.480 e. The third kappa shape index (κ3) is 3.36. The molecule has 1 aliphatic carbocycles. The number of rotatable bonds is 3. The van der Waals surface area contributed by atoms with Crippen molar-refractivity contribution in [1.29, 1.82) is 0 Å². The molecule has 0 bridgehead atoms. The number of ketones is 1. The van der Waals surface area contributed by atoms with Gasteiger partial charge >= 0.3 is 5.97 Å². The number of hydrogen-bond donors (Lipinski definition) is 2. The van der Waals surface area contributed by atoms with E-state index in [4.69, 9.17) is 10.8 Å². The van der Waals surface area contributed by atoms with E-state index in [1.54, 1.807) is 0 Å². The summed E-state index contributed by atoms with van der Waals surface area (Å²) in [6.07, 6.45) is 2.58. The quantitative estimate of drug-likeness (QED) is 0.693. The second-order valence-electron chi connectivity index (χ2n) is 3.24. The summed E-state index contributed by atoms with van der Waals surface area (Å²) in [7, 11) is 0. The van der Waals surface area contributed by atoms with Crippen molar-refractivity contribution in [3.05, 3.63) is 0 Å². The normalized spacial score (nSPS) is 23.8. The molecule has 1 rings (SSSR count). The first-order valence-electron chi connectivity index (χ1n) is 4.12. The Kier molecular flexibility index (Phi) is 5.02. The van der Waals surface area contributed by atoms with E-state index in [2.05, 4.69) is 0 Å². The van der Waals surface area contributed by atoms with Crippen LogP contribution in [0.2, 0.25) is 0 Å². The highest BCUT2D eigenvalue weighted by Gasteiger charge is 2.28. The predicted octanol–water partition coefficient (Wildman–Crippen LogP) is 0.270. The van der Waals surface area contributed by atoms with Crippen molar-refractivity contribution in [1.82, 2.24) is 0 Å². The lowest BCUT2D eigenvalue weighted by Gasteiger charge is -2.10. The van der Waals surface area contributed by atoms with E-state index in [0.717, 1.165) is 12.8 Å². The number of carbonyl (C=O) groups excluding carboxylic acids is 1. The molecule has 1 saturated carbocycles. The summed E-state index contributed by atoms with van der Waals surface area (Å²) in [5, 5.41) is 8.49. The van der Waals surface area contributed by atoms with Gasteiger partial charge in [-0.05, 0) is 19.3 Å². The molecule has 0 saturated heterocycles. The van der Waals surface area contributed by atoms with Gasteiger partial charge in [0.05, 0.1) is 0 Å². The number of Topliss-reactive ketones (excluding diaryl/α,β-unsaturated/α-hetero) is 1. The molecular formula is C8H15NO3S. The molecule has 0 aromatic rings. The number of carboxylic acids is 1. The molecule has 76 valence electrons. The van der Waals surface area contributed by atoms with Gasteiger partial charge in [0.15, 0.2) is 0 Å². The van der Waals surface area contributed by atoms with Gasteiger partial charge in [0.2, 0.25) is 0 Å². The second kappa shape index (κ2) is 5.24. The van der Waals surface area contributed by atoms with Gasteiger partial charge in [-0.3, -0.25) is 9.59 Å². The first-order chi connectivity index (χ1) is 5.61. The number of carboxylic acid groups (broad SMARTS) is 1. The molecule has 1 fully saturated rings. The molecule has 0 amide bonds. The van der Waals surface area contributed by atoms with E-state index in [-0.39, 0.29) is 25.2 Å². The minimum absolute atomic E-state index is 0. The lowest BCUT2D eigenvalue weighted by Crippen LogP contribution is -2.33. The third-order valence-corrected chi connectivity index (χ3v) is 2.29. The average Bonchev–Trinajstić information content (AvgIpc) is 2.36. The lowest BCUT2D eigenvalue weighted by atomic mass is 9.98. The molecule has 3 N–H and O–H groups in total. The zero-order valence-corrected chi connectivity index (χ0v) is 8.32. The van der Waals surface area contributed by atoms with Crippen molar-refractivity contribution in [2.45, 2.75) is 31.7 Å². The van der Waals surface area contributed by atoms with Gasteiger partial charge in [-0.1, -0.05) is 0 Å². The first kappa shape index (κ1) is 12.4. The van der Waals surface area contributed by atoms with Gasteiger partial charge in [0, 0.05) is 12.3 Å². The highest BCUT2D eigenvalue weighted by atomic mass is 32.1. The third-order valence-electron chi connectivity index (χ3n) is 2.29. The molecule has 13 heavy (non-hydrogen) atoms. The van der Waals surface area contributed by atoms with Crippen LogP contribution >= 0.6 is 13.5 Å². The van der Waals surface area contributed by atoms with E-state index in [0.29, 0.717) is 12.8 Å². The van der Waals surface area contributed by atoms with Crippen molar-refractivity contribution in [3.8, 4) is 0 Å². The summed E-state index contributed by atoms with van der Waals surface area (Å²) in [4.78, 5) is 21.4. The largest absolute Gasteiger partial charge is 0.480 e. The zero-order chi connectivity index (χ0) is 9.14. The van der Waals surface area contributed by atoms with Crippen molar-refractivity contribution in [2.75, 3.05) is 0 Å². The van der Waals surface area contributed by atoms with E-state index in [1.165, 1.54) is 0 Å². The maximum atomic E-state index is 11.1. The molecule has 0 aromatic carbocycles. The van der Waals surface area contributed by atoms with Crippen LogP contribution in [0.1, 0.15) is 25.7 Å². The van der Waals surface area contributed by atoms with Crippen molar-refractivity contribution in [2.24, 2.45) is 11.7 Å². The van der Waals surface area contributed by atoms with Crippen LogP contribution in [-0.4, -0.2) is 22.9 Å². The molecule has 0 spiro atoms. The molecule has 4 nitrogen and oxygen atoms in total. The minimum atomic E-state index is -1.02. The molecule has 0 radical (unpaired) electrons. The second-order valence-corrected chi connectivity index (χ2v) is 3.24. The summed E-state index contributed by atoms with van der Waals surface area (Å²) >= 11 is 0. The molecule has 0 heterocycles. The van der Waals surface area contributed by atoms with Crippen LogP contribution in [0.4, 0.5) is 0 Å². The van der Waals surface area contributed by atoms with Gasteiger partial charge < -0.3 is 10.8 Å². The van der Waals surface area contributed by atoms with Crippen LogP contribution in [0.5, 0.6) is 0 Å². The highest BCUT2D eigenvalue weighted by molar-refractivity contribution is 7.59. The fraction of sp³-hybridized carbons (Fsp3) is 0.750. The van der Waals surface area contributed by atoms with Gasteiger partial charge in [-0.15, -0.1) is 0 Å². The average molecular weight is 205 g/mol. The molecule has 2 atom stereocenters. The molecule has 0 aliphatic heterocycles. The summed E-state index contributed by atoms with van der Waals surface area (Å²) < 4.78 is 0. The highest BCUT2D eigenvalue weighted by Crippen LogP contribution is 2.24. The Morgan fingerprint density at radius 3 is 2.69 bits per heavy atom. The number of carbonyl (C=O) groups is 2. The SMILES string of the molecule is N[C@@H](CC1CCCC1=O)C(=O)O.S. The molecule has 0 aromatic heterocycles. The lowest BCUT2D eigenvalue weighted by molar-refractivity contribution is -0.139. The van der Waals surface area contributed by atoms with Gasteiger partial charge in [-0.2, -0.15) is 13.5 Å². The van der Waals surface area contributed by atoms with E-state index < -0.39 is 12.0 Å². The Morgan fingerprint density at radius 1 is 1.69 bits per heavy atom. The van der Waals surface area contributed by atoms with Crippen LogP contribution < -0.4 is 5.73 Å². The van der Waals surface area contributed by atoms with Gasteiger partial charge in [0.25, 0.3) is 0 Å². The standard InChI is InChI=1S/C8H13NO3.H2S/c9-6(8(11)12)4-5-2-1-3-7(5)10;/h5-6H,1-4,9H2,(H,11,12);1H2/t5?,6-;/m0./s1. The molecule has 1 unspecified atom stereocenters. The fourth-order valence-corrected chi connectivity index (χ4v) is 1.54. The first-order valence-corrected chi connectivity index (χ1v) is 4.12. The maximum Gasteiger partial charge on any atom is 0.320 e. The maximum absolute atomic E-state index is 11.1. The zero-order valence-electron chi connectivity index (χ0n) is 7.32. The van der Waals surface area contributed by atoms with Crippen LogP contribution in [0.3, 0.4) is 0 Å². The van der Waals surface area contributed by atoms with Crippen LogP contribution in [0.15, 0.2) is 0 Å².